The zero-order valence-electron chi connectivity index (χ0n) is 16.0. The van der Waals surface area contributed by atoms with Gasteiger partial charge in [-0.15, -0.1) is 10.2 Å². The molecule has 0 fully saturated rings. The Labute approximate surface area is 160 Å². The Morgan fingerprint density at radius 1 is 0.704 bits per heavy atom. The van der Waals surface area contributed by atoms with Crippen molar-refractivity contribution in [2.24, 2.45) is 0 Å². The summed E-state index contributed by atoms with van der Waals surface area (Å²) in [7, 11) is 0. The molecule has 1 heterocycles. The van der Waals surface area contributed by atoms with Crippen molar-refractivity contribution in [3.05, 3.63) is 89.5 Å². The lowest BCUT2D eigenvalue weighted by Gasteiger charge is -2.17. The van der Waals surface area contributed by atoms with Crippen molar-refractivity contribution in [2.75, 3.05) is 0 Å². The lowest BCUT2D eigenvalue weighted by molar-refractivity contribution is 1.03. The molecule has 0 aliphatic rings. The Kier molecular flexibility index (Phi) is 4.59. The third kappa shape index (κ3) is 3.06. The second kappa shape index (κ2) is 7.20. The Bertz CT molecular complexity index is 1060. The first-order valence-corrected chi connectivity index (χ1v) is 9.36. The monoisotopic (exact) mass is 353 g/mol. The van der Waals surface area contributed by atoms with Gasteiger partial charge in [-0.05, 0) is 37.0 Å². The van der Waals surface area contributed by atoms with Crippen LogP contribution in [0.2, 0.25) is 0 Å². The minimum atomic E-state index is 0.869. The molecule has 4 aromatic rings. The number of rotatable bonds is 4. The standard InChI is InChI=1S/C24H23N3/c1-4-19-13-8-9-16-21(19)24-26-25-23(20-14-6-5-7-15-20)27(24)22-17(2)11-10-12-18(22)3/h5-16H,4H2,1-3H3. The van der Waals surface area contributed by atoms with E-state index in [1.165, 1.54) is 16.7 Å². The van der Waals surface area contributed by atoms with Crippen LogP contribution in [0.15, 0.2) is 72.8 Å². The maximum atomic E-state index is 4.64. The molecule has 0 saturated carbocycles. The van der Waals surface area contributed by atoms with E-state index in [4.69, 9.17) is 0 Å². The third-order valence-electron chi connectivity index (χ3n) is 5.00. The third-order valence-corrected chi connectivity index (χ3v) is 5.00. The number of aryl methyl sites for hydroxylation is 3. The van der Waals surface area contributed by atoms with Crippen LogP contribution in [0.1, 0.15) is 23.6 Å². The summed E-state index contributed by atoms with van der Waals surface area (Å²) in [6, 6.07) is 25.1. The van der Waals surface area contributed by atoms with Crippen LogP contribution in [-0.2, 0) is 6.42 Å². The SMILES string of the molecule is CCc1ccccc1-c1nnc(-c2ccccc2)n1-c1c(C)cccc1C. The van der Waals surface area contributed by atoms with E-state index < -0.39 is 0 Å². The molecule has 0 saturated heterocycles. The topological polar surface area (TPSA) is 30.7 Å². The van der Waals surface area contributed by atoms with Crippen molar-refractivity contribution in [3.8, 4) is 28.5 Å². The molecule has 134 valence electrons. The van der Waals surface area contributed by atoms with Crippen LogP contribution in [0.5, 0.6) is 0 Å². The molecule has 4 rings (SSSR count). The molecule has 3 nitrogen and oxygen atoms in total. The van der Waals surface area contributed by atoms with E-state index in [-0.39, 0.29) is 0 Å². The molecule has 0 amide bonds. The normalized spacial score (nSPS) is 10.9. The summed E-state index contributed by atoms with van der Waals surface area (Å²) in [5.74, 6) is 1.76. The molecule has 3 aromatic carbocycles. The molecule has 0 spiro atoms. The van der Waals surface area contributed by atoms with Gasteiger partial charge in [-0.3, -0.25) is 4.57 Å². The van der Waals surface area contributed by atoms with Crippen LogP contribution in [0.25, 0.3) is 28.5 Å². The summed E-state index contributed by atoms with van der Waals surface area (Å²) >= 11 is 0. The van der Waals surface area contributed by atoms with Crippen LogP contribution >= 0.6 is 0 Å². The predicted molar refractivity (Wildman–Crippen MR) is 111 cm³/mol. The molecule has 3 heteroatoms. The minimum Gasteiger partial charge on any atom is -0.274 e. The molecule has 0 aliphatic carbocycles. The summed E-state index contributed by atoms with van der Waals surface area (Å²) in [4.78, 5) is 0. The number of nitrogens with zero attached hydrogens (tertiary/aromatic N) is 3. The van der Waals surface area contributed by atoms with Crippen molar-refractivity contribution >= 4 is 0 Å². The predicted octanol–water partition coefficient (Wildman–Crippen LogP) is 5.78. The van der Waals surface area contributed by atoms with Gasteiger partial charge in [0.25, 0.3) is 0 Å². The van der Waals surface area contributed by atoms with Crippen LogP contribution in [-0.4, -0.2) is 14.8 Å². The summed E-state index contributed by atoms with van der Waals surface area (Å²) < 4.78 is 2.22. The molecule has 0 unspecified atom stereocenters. The highest BCUT2D eigenvalue weighted by atomic mass is 15.3. The molecule has 0 N–H and O–H groups in total. The molecule has 0 radical (unpaired) electrons. The van der Waals surface area contributed by atoms with Crippen molar-refractivity contribution in [3.63, 3.8) is 0 Å². The van der Waals surface area contributed by atoms with Crippen molar-refractivity contribution in [1.29, 1.82) is 0 Å². The van der Waals surface area contributed by atoms with Gasteiger partial charge in [-0.2, -0.15) is 0 Å². The van der Waals surface area contributed by atoms with E-state index in [0.717, 1.165) is 34.9 Å². The van der Waals surface area contributed by atoms with Crippen molar-refractivity contribution in [2.45, 2.75) is 27.2 Å². The largest absolute Gasteiger partial charge is 0.274 e. The fourth-order valence-electron chi connectivity index (χ4n) is 3.65. The molecule has 0 bridgehead atoms. The van der Waals surface area contributed by atoms with Gasteiger partial charge in [0.05, 0.1) is 5.69 Å². The Hall–Kier alpha value is -3.20. The molecule has 27 heavy (non-hydrogen) atoms. The van der Waals surface area contributed by atoms with Gasteiger partial charge in [-0.25, -0.2) is 0 Å². The van der Waals surface area contributed by atoms with Crippen LogP contribution in [0, 0.1) is 13.8 Å². The van der Waals surface area contributed by atoms with E-state index in [1.54, 1.807) is 0 Å². The first-order valence-electron chi connectivity index (χ1n) is 9.36. The molecular weight excluding hydrogens is 330 g/mol. The maximum absolute atomic E-state index is 4.64. The Balaban J connectivity index is 2.06. The lowest BCUT2D eigenvalue weighted by Crippen LogP contribution is -2.05. The van der Waals surface area contributed by atoms with Crippen molar-refractivity contribution < 1.29 is 0 Å². The van der Waals surface area contributed by atoms with E-state index in [2.05, 4.69) is 90.1 Å². The summed E-state index contributed by atoms with van der Waals surface area (Å²) in [6.07, 6.45) is 0.955. The molecule has 0 atom stereocenters. The second-order valence-corrected chi connectivity index (χ2v) is 6.80. The highest BCUT2D eigenvalue weighted by Gasteiger charge is 2.20. The average molecular weight is 353 g/mol. The number of para-hydroxylation sites is 1. The smallest absolute Gasteiger partial charge is 0.169 e. The minimum absolute atomic E-state index is 0.869. The fraction of sp³-hybridized carbons (Fsp3) is 0.167. The second-order valence-electron chi connectivity index (χ2n) is 6.80. The highest BCUT2D eigenvalue weighted by Crippen LogP contribution is 2.33. The molecular formula is C24H23N3. The van der Waals surface area contributed by atoms with Gasteiger partial charge in [-0.1, -0.05) is 79.7 Å². The summed E-state index contributed by atoms with van der Waals surface area (Å²) in [5, 5.41) is 9.25. The lowest BCUT2D eigenvalue weighted by atomic mass is 10.0. The van der Waals surface area contributed by atoms with Gasteiger partial charge < -0.3 is 0 Å². The van der Waals surface area contributed by atoms with Gasteiger partial charge in [0, 0.05) is 11.1 Å². The van der Waals surface area contributed by atoms with Gasteiger partial charge in [0.15, 0.2) is 11.6 Å². The van der Waals surface area contributed by atoms with Crippen LogP contribution in [0.3, 0.4) is 0 Å². The first kappa shape index (κ1) is 17.2. The Morgan fingerprint density at radius 2 is 1.33 bits per heavy atom. The van der Waals surface area contributed by atoms with Crippen LogP contribution in [0.4, 0.5) is 0 Å². The zero-order chi connectivity index (χ0) is 18.8. The number of aromatic nitrogens is 3. The summed E-state index contributed by atoms with van der Waals surface area (Å²) in [5.41, 5.74) is 7.05. The summed E-state index contributed by atoms with van der Waals surface area (Å²) in [6.45, 7) is 6.47. The van der Waals surface area contributed by atoms with E-state index in [0.29, 0.717) is 0 Å². The quantitative estimate of drug-likeness (QED) is 0.465. The number of benzene rings is 3. The van der Waals surface area contributed by atoms with E-state index >= 15 is 0 Å². The van der Waals surface area contributed by atoms with Gasteiger partial charge in [0.2, 0.25) is 0 Å². The van der Waals surface area contributed by atoms with Crippen molar-refractivity contribution in [1.82, 2.24) is 14.8 Å². The van der Waals surface area contributed by atoms with Gasteiger partial charge in [0.1, 0.15) is 0 Å². The van der Waals surface area contributed by atoms with E-state index in [1.807, 2.05) is 18.2 Å². The number of hydrogen-bond acceptors (Lipinski definition) is 2. The first-order chi connectivity index (χ1) is 13.2. The molecule has 0 aliphatic heterocycles. The average Bonchev–Trinajstić information content (AvgIpc) is 3.13. The van der Waals surface area contributed by atoms with E-state index in [9.17, 15) is 0 Å². The zero-order valence-corrected chi connectivity index (χ0v) is 16.0. The van der Waals surface area contributed by atoms with Crippen LogP contribution < -0.4 is 0 Å². The Morgan fingerprint density at radius 3 is 2.04 bits per heavy atom. The molecule has 1 aromatic heterocycles. The maximum Gasteiger partial charge on any atom is 0.169 e. The highest BCUT2D eigenvalue weighted by molar-refractivity contribution is 5.70. The van der Waals surface area contributed by atoms with Gasteiger partial charge >= 0.3 is 0 Å². The number of hydrogen-bond donors (Lipinski definition) is 0. The fourth-order valence-corrected chi connectivity index (χ4v) is 3.65.